The van der Waals surface area contributed by atoms with Crippen LogP contribution >= 0.6 is 0 Å². The van der Waals surface area contributed by atoms with Crippen LogP contribution in [0.2, 0.25) is 0 Å². The van der Waals surface area contributed by atoms with Crippen LogP contribution in [0.1, 0.15) is 12.5 Å². The molecule has 1 aliphatic heterocycles. The second kappa shape index (κ2) is 4.16. The Labute approximate surface area is 95.9 Å². The standard InChI is InChI=1S/C11H15NO3S/c1-3-15-11-8-12(11)16(13,14)10-6-4-9(2)5-7-10/h4-7,11H,3,8H2,1-2H3. The van der Waals surface area contributed by atoms with Gasteiger partial charge >= 0.3 is 0 Å². The van der Waals surface area contributed by atoms with E-state index in [1.165, 1.54) is 4.31 Å². The summed E-state index contributed by atoms with van der Waals surface area (Å²) in [6, 6.07) is 6.86. The lowest BCUT2D eigenvalue weighted by Crippen LogP contribution is -2.16. The van der Waals surface area contributed by atoms with E-state index in [-0.39, 0.29) is 6.23 Å². The molecule has 5 heteroatoms. The van der Waals surface area contributed by atoms with Crippen LogP contribution in [-0.4, -0.2) is 32.1 Å². The van der Waals surface area contributed by atoms with Crippen molar-refractivity contribution in [2.75, 3.05) is 13.2 Å². The highest BCUT2D eigenvalue weighted by Gasteiger charge is 2.45. The molecular formula is C11H15NO3S. The minimum atomic E-state index is -3.35. The molecule has 1 saturated heterocycles. The van der Waals surface area contributed by atoms with Crippen LogP contribution in [0.3, 0.4) is 0 Å². The summed E-state index contributed by atoms with van der Waals surface area (Å²) < 4.78 is 30.7. The summed E-state index contributed by atoms with van der Waals surface area (Å²) in [6.45, 7) is 4.78. The maximum atomic E-state index is 12.0. The fourth-order valence-electron chi connectivity index (χ4n) is 1.53. The maximum absolute atomic E-state index is 12.0. The molecule has 4 nitrogen and oxygen atoms in total. The van der Waals surface area contributed by atoms with Gasteiger partial charge in [0.05, 0.1) is 11.4 Å². The van der Waals surface area contributed by atoms with Gasteiger partial charge in [-0.3, -0.25) is 0 Å². The first-order valence-electron chi connectivity index (χ1n) is 5.26. The number of aryl methyl sites for hydroxylation is 1. The zero-order chi connectivity index (χ0) is 11.8. The summed E-state index contributed by atoms with van der Waals surface area (Å²) in [4.78, 5) is 0.334. The zero-order valence-electron chi connectivity index (χ0n) is 9.38. The van der Waals surface area contributed by atoms with E-state index in [1.807, 2.05) is 13.8 Å². The van der Waals surface area contributed by atoms with Crippen molar-refractivity contribution in [3.05, 3.63) is 29.8 Å². The Morgan fingerprint density at radius 1 is 1.38 bits per heavy atom. The highest BCUT2D eigenvalue weighted by atomic mass is 32.2. The quantitative estimate of drug-likeness (QED) is 0.748. The Morgan fingerprint density at radius 3 is 2.56 bits per heavy atom. The van der Waals surface area contributed by atoms with E-state index in [0.29, 0.717) is 18.0 Å². The summed E-state index contributed by atoms with van der Waals surface area (Å²) in [5.74, 6) is 0. The number of hydrogen-bond donors (Lipinski definition) is 0. The monoisotopic (exact) mass is 241 g/mol. The van der Waals surface area contributed by atoms with Gasteiger partial charge in [0.15, 0.2) is 0 Å². The summed E-state index contributed by atoms with van der Waals surface area (Å²) in [5.41, 5.74) is 1.05. The summed E-state index contributed by atoms with van der Waals surface area (Å²) in [6.07, 6.45) is -0.267. The molecule has 88 valence electrons. The Bertz CT molecular complexity index is 467. The van der Waals surface area contributed by atoms with Gasteiger partial charge in [0, 0.05) is 6.61 Å². The second-order valence-electron chi connectivity index (χ2n) is 3.80. The lowest BCUT2D eigenvalue weighted by Gasteiger charge is -2.06. The third-order valence-electron chi connectivity index (χ3n) is 2.51. The van der Waals surface area contributed by atoms with E-state index in [2.05, 4.69) is 0 Å². The molecule has 2 atom stereocenters. The minimum Gasteiger partial charge on any atom is -0.361 e. The Kier molecular flexibility index (Phi) is 3.01. The molecule has 0 spiro atoms. The zero-order valence-corrected chi connectivity index (χ0v) is 10.2. The van der Waals surface area contributed by atoms with Crippen LogP contribution in [-0.2, 0) is 14.8 Å². The van der Waals surface area contributed by atoms with Crippen molar-refractivity contribution in [1.82, 2.24) is 4.31 Å². The van der Waals surface area contributed by atoms with Crippen molar-refractivity contribution in [2.24, 2.45) is 0 Å². The maximum Gasteiger partial charge on any atom is 0.245 e. The van der Waals surface area contributed by atoms with Gasteiger partial charge in [-0.2, -0.15) is 4.31 Å². The topological polar surface area (TPSA) is 46.4 Å². The fraction of sp³-hybridized carbons (Fsp3) is 0.455. The number of nitrogens with zero attached hydrogens (tertiary/aromatic N) is 1. The molecule has 0 bridgehead atoms. The smallest absolute Gasteiger partial charge is 0.245 e. The fourth-order valence-corrected chi connectivity index (χ4v) is 2.98. The summed E-state index contributed by atoms with van der Waals surface area (Å²) in [7, 11) is -3.35. The van der Waals surface area contributed by atoms with E-state index in [0.717, 1.165) is 5.56 Å². The Morgan fingerprint density at radius 2 is 2.00 bits per heavy atom. The molecule has 0 saturated carbocycles. The second-order valence-corrected chi connectivity index (χ2v) is 5.69. The van der Waals surface area contributed by atoms with Crippen LogP contribution in [0.15, 0.2) is 29.2 Å². The minimum absolute atomic E-state index is 0.267. The van der Waals surface area contributed by atoms with Crippen LogP contribution in [0.25, 0.3) is 0 Å². The highest BCUT2D eigenvalue weighted by Crippen LogP contribution is 2.28. The van der Waals surface area contributed by atoms with Crippen LogP contribution in [0.5, 0.6) is 0 Å². The summed E-state index contributed by atoms with van der Waals surface area (Å²) in [5, 5.41) is 0. The first-order chi connectivity index (χ1) is 7.55. The normalized spacial score (nSPS) is 24.4. The van der Waals surface area contributed by atoms with E-state index in [9.17, 15) is 8.42 Å². The van der Waals surface area contributed by atoms with Gasteiger partial charge in [0.25, 0.3) is 0 Å². The number of benzene rings is 1. The van der Waals surface area contributed by atoms with E-state index in [1.54, 1.807) is 24.3 Å². The van der Waals surface area contributed by atoms with Gasteiger partial charge in [-0.1, -0.05) is 17.7 Å². The first-order valence-corrected chi connectivity index (χ1v) is 6.70. The van der Waals surface area contributed by atoms with Gasteiger partial charge < -0.3 is 4.74 Å². The van der Waals surface area contributed by atoms with E-state index < -0.39 is 10.0 Å². The van der Waals surface area contributed by atoms with E-state index >= 15 is 0 Å². The molecule has 1 fully saturated rings. The van der Waals surface area contributed by atoms with Crippen molar-refractivity contribution in [3.63, 3.8) is 0 Å². The number of sulfonamides is 1. The predicted octanol–water partition coefficient (Wildman–Crippen LogP) is 1.36. The van der Waals surface area contributed by atoms with Crippen molar-refractivity contribution in [3.8, 4) is 0 Å². The number of hydrogen-bond acceptors (Lipinski definition) is 3. The van der Waals surface area contributed by atoms with Crippen molar-refractivity contribution in [1.29, 1.82) is 0 Å². The molecule has 0 radical (unpaired) electrons. The highest BCUT2D eigenvalue weighted by molar-refractivity contribution is 7.89. The molecule has 1 heterocycles. The average molecular weight is 241 g/mol. The Balaban J connectivity index is 2.18. The van der Waals surface area contributed by atoms with Crippen LogP contribution < -0.4 is 0 Å². The van der Waals surface area contributed by atoms with Gasteiger partial charge in [0.2, 0.25) is 10.0 Å². The van der Waals surface area contributed by atoms with Gasteiger partial charge in [0.1, 0.15) is 6.23 Å². The number of ether oxygens (including phenoxy) is 1. The van der Waals surface area contributed by atoms with E-state index in [4.69, 9.17) is 4.74 Å². The lowest BCUT2D eigenvalue weighted by atomic mass is 10.2. The third kappa shape index (κ3) is 2.11. The van der Waals surface area contributed by atoms with Crippen LogP contribution in [0.4, 0.5) is 0 Å². The molecule has 16 heavy (non-hydrogen) atoms. The molecule has 1 aromatic carbocycles. The molecule has 2 unspecified atom stereocenters. The average Bonchev–Trinajstić information content (AvgIpc) is 2.99. The predicted molar refractivity (Wildman–Crippen MR) is 60.5 cm³/mol. The van der Waals surface area contributed by atoms with Crippen molar-refractivity contribution >= 4 is 10.0 Å². The van der Waals surface area contributed by atoms with Crippen LogP contribution in [0, 0.1) is 6.92 Å². The van der Waals surface area contributed by atoms with Gasteiger partial charge in [-0.25, -0.2) is 8.42 Å². The third-order valence-corrected chi connectivity index (χ3v) is 4.38. The van der Waals surface area contributed by atoms with Crippen molar-refractivity contribution < 1.29 is 13.2 Å². The molecule has 1 aromatic rings. The lowest BCUT2D eigenvalue weighted by molar-refractivity contribution is 0.112. The summed E-state index contributed by atoms with van der Waals surface area (Å²) >= 11 is 0. The SMILES string of the molecule is CCOC1CN1S(=O)(=O)c1ccc(C)cc1. The molecule has 0 aliphatic carbocycles. The number of rotatable bonds is 4. The molecule has 0 amide bonds. The van der Waals surface area contributed by atoms with Gasteiger partial charge in [-0.15, -0.1) is 0 Å². The first kappa shape index (κ1) is 11.6. The molecule has 2 rings (SSSR count). The molecule has 0 N–H and O–H groups in total. The molecular weight excluding hydrogens is 226 g/mol. The van der Waals surface area contributed by atoms with Crippen molar-refractivity contribution in [2.45, 2.75) is 25.0 Å². The Hall–Kier alpha value is -0.910. The largest absolute Gasteiger partial charge is 0.361 e. The molecule has 1 aliphatic rings. The molecule has 0 aromatic heterocycles. The van der Waals surface area contributed by atoms with Gasteiger partial charge in [-0.05, 0) is 26.0 Å².